The van der Waals surface area contributed by atoms with Gasteiger partial charge in [0.05, 0.1) is 0 Å². The molecule has 0 amide bonds. The number of likely N-dealkylation sites (tertiary alicyclic amines) is 1. The van der Waals surface area contributed by atoms with E-state index in [4.69, 9.17) is 0 Å². The first kappa shape index (κ1) is 15.8. The van der Waals surface area contributed by atoms with Crippen molar-refractivity contribution in [1.29, 1.82) is 0 Å². The van der Waals surface area contributed by atoms with E-state index in [1.165, 1.54) is 39.3 Å². The summed E-state index contributed by atoms with van der Waals surface area (Å²) in [6.45, 7) is 7.48. The van der Waals surface area contributed by atoms with E-state index in [1.54, 1.807) is 0 Å². The molecule has 0 aromatic carbocycles. The Balaban J connectivity index is 0.000000653. The Kier molecular flexibility index (Phi) is 5.19. The van der Waals surface area contributed by atoms with Gasteiger partial charge in [-0.05, 0) is 7.05 Å². The third-order valence-electron chi connectivity index (χ3n) is 4.12. The zero-order valence-electron chi connectivity index (χ0n) is 8.91. The monoisotopic (exact) mass is 275 g/mol. The molecule has 0 unspecified atom stereocenters. The molecule has 3 aliphatic heterocycles. The van der Waals surface area contributed by atoms with Crippen molar-refractivity contribution >= 4 is 37.2 Å². The Morgan fingerprint density at radius 3 is 1.47 bits per heavy atom. The van der Waals surface area contributed by atoms with Gasteiger partial charge in [-0.3, -0.25) is 0 Å². The second-order valence-electron chi connectivity index (χ2n) is 4.94. The summed E-state index contributed by atoms with van der Waals surface area (Å²) in [4.78, 5) is 2.50. The molecule has 92 valence electrons. The van der Waals surface area contributed by atoms with E-state index in [0.717, 1.165) is 0 Å². The standard InChI is InChI=1S/C9H17N3.3ClH/c1-12-6-8-2-10-4-9(8,7-12)5-11-3-8;;;/h10-11H,2-7H2,1H3;3*1H. The van der Waals surface area contributed by atoms with Crippen LogP contribution >= 0.6 is 37.2 Å². The van der Waals surface area contributed by atoms with Gasteiger partial charge >= 0.3 is 0 Å². The first-order valence-corrected chi connectivity index (χ1v) is 4.87. The number of nitrogens with one attached hydrogen (secondary N) is 2. The molecule has 0 aromatic rings. The van der Waals surface area contributed by atoms with Crippen LogP contribution in [0.5, 0.6) is 0 Å². The minimum atomic E-state index is 0. The molecule has 0 bridgehead atoms. The second-order valence-corrected chi connectivity index (χ2v) is 4.94. The maximum absolute atomic E-state index is 3.56. The third-order valence-corrected chi connectivity index (χ3v) is 4.12. The normalized spacial score (nSPS) is 42.2. The lowest BCUT2D eigenvalue weighted by molar-refractivity contribution is 0.241. The highest BCUT2D eigenvalue weighted by Gasteiger charge is 2.62. The number of hydrogen-bond donors (Lipinski definition) is 2. The van der Waals surface area contributed by atoms with Gasteiger partial charge in [0.15, 0.2) is 0 Å². The Morgan fingerprint density at radius 2 is 1.13 bits per heavy atom. The van der Waals surface area contributed by atoms with Crippen LogP contribution in [0.25, 0.3) is 0 Å². The molecule has 3 rings (SSSR count). The molecule has 0 saturated carbocycles. The lowest BCUT2D eigenvalue weighted by Crippen LogP contribution is -2.38. The van der Waals surface area contributed by atoms with Crippen LogP contribution < -0.4 is 10.6 Å². The lowest BCUT2D eigenvalue weighted by Gasteiger charge is -2.29. The number of nitrogens with zero attached hydrogens (tertiary/aromatic N) is 1. The van der Waals surface area contributed by atoms with Gasteiger partial charge in [-0.2, -0.15) is 0 Å². The van der Waals surface area contributed by atoms with Crippen LogP contribution in [0.4, 0.5) is 0 Å². The molecular weight excluding hydrogens is 256 g/mol. The lowest BCUT2D eigenvalue weighted by atomic mass is 9.71. The molecule has 6 heteroatoms. The van der Waals surface area contributed by atoms with E-state index in [1.807, 2.05) is 0 Å². The Labute approximate surface area is 110 Å². The molecule has 3 heterocycles. The van der Waals surface area contributed by atoms with Crippen molar-refractivity contribution in [3.8, 4) is 0 Å². The number of rotatable bonds is 0. The third kappa shape index (κ3) is 1.88. The van der Waals surface area contributed by atoms with Crippen LogP contribution in [0.3, 0.4) is 0 Å². The first-order chi connectivity index (χ1) is 5.77. The quantitative estimate of drug-likeness (QED) is 0.670. The first-order valence-electron chi connectivity index (χ1n) is 4.87. The average molecular weight is 277 g/mol. The van der Waals surface area contributed by atoms with Crippen LogP contribution in [-0.4, -0.2) is 51.2 Å². The zero-order chi connectivity index (χ0) is 8.23. The summed E-state index contributed by atoms with van der Waals surface area (Å²) in [6, 6.07) is 0. The van der Waals surface area contributed by atoms with Gasteiger partial charge in [0.25, 0.3) is 0 Å². The van der Waals surface area contributed by atoms with Crippen LogP contribution in [0.15, 0.2) is 0 Å². The maximum Gasteiger partial charge on any atom is 0.0172 e. The maximum atomic E-state index is 3.56. The van der Waals surface area contributed by atoms with Crippen molar-refractivity contribution < 1.29 is 0 Å². The van der Waals surface area contributed by atoms with Crippen molar-refractivity contribution in [3.05, 3.63) is 0 Å². The van der Waals surface area contributed by atoms with Crippen molar-refractivity contribution in [3.63, 3.8) is 0 Å². The average Bonchev–Trinajstić information content (AvgIpc) is 2.44. The van der Waals surface area contributed by atoms with E-state index in [0.29, 0.717) is 10.8 Å². The Bertz CT molecular complexity index is 195. The fraction of sp³-hybridized carbons (Fsp3) is 1.00. The largest absolute Gasteiger partial charge is 0.315 e. The summed E-state index contributed by atoms with van der Waals surface area (Å²) in [5.74, 6) is 0. The SMILES string of the molecule is CN1CC23CNCC2(CNC3)C1.Cl.Cl.Cl. The van der Waals surface area contributed by atoms with Crippen molar-refractivity contribution in [1.82, 2.24) is 15.5 Å². The predicted octanol–water partition coefficient (Wildman–Crippen LogP) is 0.376. The summed E-state index contributed by atoms with van der Waals surface area (Å²) in [5, 5.41) is 7.12. The molecule has 2 N–H and O–H groups in total. The fourth-order valence-electron chi connectivity index (χ4n) is 3.61. The summed E-state index contributed by atoms with van der Waals surface area (Å²) in [6.07, 6.45) is 0. The number of halogens is 3. The van der Waals surface area contributed by atoms with E-state index < -0.39 is 0 Å². The molecule has 0 spiro atoms. The second kappa shape index (κ2) is 4.94. The van der Waals surface area contributed by atoms with Gasteiger partial charge in [0, 0.05) is 50.1 Å². The molecule has 3 nitrogen and oxygen atoms in total. The smallest absolute Gasteiger partial charge is 0.0172 e. The summed E-state index contributed by atoms with van der Waals surface area (Å²) < 4.78 is 0. The molecule has 3 fully saturated rings. The Morgan fingerprint density at radius 1 is 0.800 bits per heavy atom. The predicted molar refractivity (Wildman–Crippen MR) is 69.8 cm³/mol. The highest BCUT2D eigenvalue weighted by atomic mass is 35.5. The van der Waals surface area contributed by atoms with Crippen molar-refractivity contribution in [2.45, 2.75) is 0 Å². The van der Waals surface area contributed by atoms with Gasteiger partial charge in [0.1, 0.15) is 0 Å². The molecule has 0 aliphatic carbocycles. The topological polar surface area (TPSA) is 27.3 Å². The van der Waals surface area contributed by atoms with Crippen LogP contribution in [0.1, 0.15) is 0 Å². The minimum Gasteiger partial charge on any atom is -0.315 e. The van der Waals surface area contributed by atoms with Crippen LogP contribution in [-0.2, 0) is 0 Å². The van der Waals surface area contributed by atoms with Gasteiger partial charge in [-0.25, -0.2) is 0 Å². The van der Waals surface area contributed by atoms with Crippen LogP contribution in [0.2, 0.25) is 0 Å². The molecule has 0 aromatic heterocycles. The van der Waals surface area contributed by atoms with E-state index in [2.05, 4.69) is 22.6 Å². The van der Waals surface area contributed by atoms with Gasteiger partial charge in [-0.15, -0.1) is 37.2 Å². The van der Waals surface area contributed by atoms with Crippen molar-refractivity contribution in [2.75, 3.05) is 46.3 Å². The molecule has 3 aliphatic rings. The van der Waals surface area contributed by atoms with E-state index in [-0.39, 0.29) is 37.2 Å². The molecule has 0 radical (unpaired) electrons. The summed E-state index contributed by atoms with van der Waals surface area (Å²) >= 11 is 0. The number of hydrogen-bond acceptors (Lipinski definition) is 3. The zero-order valence-corrected chi connectivity index (χ0v) is 11.4. The molecular formula is C9H20Cl3N3. The minimum absolute atomic E-state index is 0. The highest BCUT2D eigenvalue weighted by Crippen LogP contribution is 2.50. The van der Waals surface area contributed by atoms with Gasteiger partial charge < -0.3 is 15.5 Å². The highest BCUT2D eigenvalue weighted by molar-refractivity contribution is 5.86. The van der Waals surface area contributed by atoms with Gasteiger partial charge in [0.2, 0.25) is 0 Å². The van der Waals surface area contributed by atoms with E-state index >= 15 is 0 Å². The molecule has 15 heavy (non-hydrogen) atoms. The summed E-state index contributed by atoms with van der Waals surface area (Å²) in [5.41, 5.74) is 1.14. The van der Waals surface area contributed by atoms with Crippen molar-refractivity contribution in [2.24, 2.45) is 10.8 Å². The fourth-order valence-corrected chi connectivity index (χ4v) is 3.61. The van der Waals surface area contributed by atoms with E-state index in [9.17, 15) is 0 Å². The molecule has 3 saturated heterocycles. The Hall–Kier alpha value is 0.750. The van der Waals surface area contributed by atoms with Gasteiger partial charge in [-0.1, -0.05) is 0 Å². The molecule has 0 atom stereocenters. The summed E-state index contributed by atoms with van der Waals surface area (Å²) in [7, 11) is 2.26. The van der Waals surface area contributed by atoms with Crippen LogP contribution in [0, 0.1) is 10.8 Å².